The van der Waals surface area contributed by atoms with Gasteiger partial charge in [-0.05, 0) is 12.1 Å². The van der Waals surface area contributed by atoms with Crippen LogP contribution in [0.15, 0.2) is 0 Å². The molecule has 1 atom stereocenters. The van der Waals surface area contributed by atoms with E-state index in [1.165, 1.54) is 4.80 Å². The van der Waals surface area contributed by atoms with Gasteiger partial charge in [-0.25, -0.2) is 0 Å². The number of hydrogen-bond donors (Lipinski definition) is 2. The highest BCUT2D eigenvalue weighted by atomic mass is 16.1. The number of rotatable bonds is 3. The van der Waals surface area contributed by atoms with E-state index in [0.29, 0.717) is 0 Å². The lowest BCUT2D eigenvalue weighted by molar-refractivity contribution is -0.116. The molecule has 0 fully saturated rings. The zero-order valence-electron chi connectivity index (χ0n) is 7.56. The Hall–Kier alpha value is -1.50. The van der Waals surface area contributed by atoms with Crippen molar-refractivity contribution in [1.29, 1.82) is 0 Å². The summed E-state index contributed by atoms with van der Waals surface area (Å²) >= 11 is 0. The minimum absolute atomic E-state index is 0.170. The zero-order chi connectivity index (χ0) is 9.84. The van der Waals surface area contributed by atoms with E-state index in [1.54, 1.807) is 14.0 Å². The lowest BCUT2D eigenvalue weighted by Gasteiger charge is -2.02. The molecule has 1 heterocycles. The van der Waals surface area contributed by atoms with Crippen molar-refractivity contribution in [3.63, 3.8) is 0 Å². The van der Waals surface area contributed by atoms with Crippen molar-refractivity contribution in [1.82, 2.24) is 20.2 Å². The average Bonchev–Trinajstić information content (AvgIpc) is 2.33. The van der Waals surface area contributed by atoms with Crippen LogP contribution in [0.3, 0.4) is 0 Å². The summed E-state index contributed by atoms with van der Waals surface area (Å²) in [5.74, 6) is -0.00356. The smallest absolute Gasteiger partial charge is 0.270 e. The number of hydrogen-bond acceptors (Lipinski definition) is 5. The van der Waals surface area contributed by atoms with Crippen molar-refractivity contribution < 1.29 is 4.79 Å². The molecule has 0 aromatic carbocycles. The van der Waals surface area contributed by atoms with Crippen LogP contribution in [0.1, 0.15) is 13.3 Å². The SMILES string of the molecule is CC(N)CC(=O)Nc1nnn(C)n1. The van der Waals surface area contributed by atoms with Crippen molar-refractivity contribution >= 4 is 11.9 Å². The van der Waals surface area contributed by atoms with E-state index >= 15 is 0 Å². The molecule has 72 valence electrons. The summed E-state index contributed by atoms with van der Waals surface area (Å²) in [7, 11) is 1.62. The molecule has 1 rings (SSSR count). The van der Waals surface area contributed by atoms with Crippen LogP contribution in [0.2, 0.25) is 0 Å². The second-order valence-corrected chi connectivity index (χ2v) is 2.83. The predicted molar refractivity (Wildman–Crippen MR) is 45.7 cm³/mol. The molecule has 1 unspecified atom stereocenters. The van der Waals surface area contributed by atoms with Crippen molar-refractivity contribution in [3.05, 3.63) is 0 Å². The maximum Gasteiger partial charge on any atom is 0.270 e. The maximum atomic E-state index is 11.1. The highest BCUT2D eigenvalue weighted by Gasteiger charge is 2.07. The third-order valence-corrected chi connectivity index (χ3v) is 1.27. The van der Waals surface area contributed by atoms with Gasteiger partial charge < -0.3 is 5.73 Å². The number of carbonyl (C=O) groups is 1. The van der Waals surface area contributed by atoms with Gasteiger partial charge in [0.2, 0.25) is 5.91 Å². The Bertz CT molecular complexity index is 293. The number of aryl methyl sites for hydroxylation is 1. The molecule has 0 radical (unpaired) electrons. The zero-order valence-corrected chi connectivity index (χ0v) is 7.56. The fourth-order valence-corrected chi connectivity index (χ4v) is 0.802. The first-order valence-electron chi connectivity index (χ1n) is 3.87. The molecular weight excluding hydrogens is 172 g/mol. The Kier molecular flexibility index (Phi) is 2.91. The van der Waals surface area contributed by atoms with E-state index in [2.05, 4.69) is 20.7 Å². The Morgan fingerprint density at radius 2 is 2.46 bits per heavy atom. The third kappa shape index (κ3) is 3.16. The first kappa shape index (κ1) is 9.59. The van der Waals surface area contributed by atoms with E-state index < -0.39 is 0 Å². The van der Waals surface area contributed by atoms with Gasteiger partial charge in [0.15, 0.2) is 0 Å². The number of nitrogens with zero attached hydrogens (tertiary/aromatic N) is 4. The minimum Gasteiger partial charge on any atom is -0.327 e. The summed E-state index contributed by atoms with van der Waals surface area (Å²) in [5, 5.41) is 13.4. The average molecular weight is 184 g/mol. The fourth-order valence-electron chi connectivity index (χ4n) is 0.802. The van der Waals surface area contributed by atoms with E-state index in [-0.39, 0.29) is 24.3 Å². The van der Waals surface area contributed by atoms with Crippen molar-refractivity contribution in [2.24, 2.45) is 12.8 Å². The lowest BCUT2D eigenvalue weighted by Crippen LogP contribution is -2.24. The molecule has 0 aliphatic rings. The van der Waals surface area contributed by atoms with Gasteiger partial charge in [-0.15, -0.1) is 5.10 Å². The number of tetrazole rings is 1. The Morgan fingerprint density at radius 1 is 1.77 bits per heavy atom. The van der Waals surface area contributed by atoms with Crippen LogP contribution in [0, 0.1) is 0 Å². The Morgan fingerprint density at radius 3 is 2.92 bits per heavy atom. The molecule has 0 spiro atoms. The largest absolute Gasteiger partial charge is 0.327 e. The van der Waals surface area contributed by atoms with Crippen LogP contribution >= 0.6 is 0 Å². The first-order chi connectivity index (χ1) is 6.08. The number of nitrogens with two attached hydrogens (primary N) is 1. The maximum absolute atomic E-state index is 11.1. The highest BCUT2D eigenvalue weighted by molar-refractivity contribution is 5.89. The summed E-state index contributed by atoms with van der Waals surface area (Å²) in [6.45, 7) is 1.75. The summed E-state index contributed by atoms with van der Waals surface area (Å²) in [6, 6.07) is -0.170. The number of nitrogens with one attached hydrogen (secondary N) is 1. The first-order valence-corrected chi connectivity index (χ1v) is 3.87. The van der Waals surface area contributed by atoms with E-state index in [9.17, 15) is 4.79 Å². The van der Waals surface area contributed by atoms with Crippen LogP contribution in [0.4, 0.5) is 5.95 Å². The van der Waals surface area contributed by atoms with Gasteiger partial charge in [-0.2, -0.15) is 4.80 Å². The molecule has 0 saturated heterocycles. The van der Waals surface area contributed by atoms with Crippen LogP contribution in [0.5, 0.6) is 0 Å². The predicted octanol–water partition coefficient (Wildman–Crippen LogP) is -1.11. The molecule has 3 N–H and O–H groups in total. The summed E-state index contributed by atoms with van der Waals surface area (Å²) in [4.78, 5) is 12.4. The van der Waals surface area contributed by atoms with Gasteiger partial charge in [0, 0.05) is 12.5 Å². The quantitative estimate of drug-likeness (QED) is 0.620. The Labute approximate surface area is 75.3 Å². The normalized spacial score (nSPS) is 12.5. The molecule has 0 saturated carbocycles. The summed E-state index contributed by atoms with van der Waals surface area (Å²) in [5.41, 5.74) is 5.43. The topological polar surface area (TPSA) is 98.7 Å². The Balaban J connectivity index is 2.45. The van der Waals surface area contributed by atoms with Crippen LogP contribution < -0.4 is 11.1 Å². The van der Waals surface area contributed by atoms with Gasteiger partial charge in [-0.3, -0.25) is 10.1 Å². The van der Waals surface area contributed by atoms with Crippen LogP contribution in [-0.2, 0) is 11.8 Å². The molecule has 1 aromatic heterocycles. The standard InChI is InChI=1S/C6H12N6O/c1-4(7)3-5(13)8-6-9-11-12(2)10-6/h4H,3,7H2,1-2H3,(H,8,10,13). The molecule has 1 amide bonds. The van der Waals surface area contributed by atoms with Crippen molar-refractivity contribution in [2.75, 3.05) is 5.32 Å². The summed E-state index contributed by atoms with van der Waals surface area (Å²) < 4.78 is 0. The van der Waals surface area contributed by atoms with Crippen molar-refractivity contribution in [3.8, 4) is 0 Å². The number of amides is 1. The van der Waals surface area contributed by atoms with Crippen LogP contribution in [0.25, 0.3) is 0 Å². The molecule has 0 aliphatic carbocycles. The third-order valence-electron chi connectivity index (χ3n) is 1.27. The van der Waals surface area contributed by atoms with E-state index in [1.807, 2.05) is 0 Å². The molecule has 0 bridgehead atoms. The lowest BCUT2D eigenvalue weighted by atomic mass is 10.2. The number of aromatic nitrogens is 4. The molecule has 7 nitrogen and oxygen atoms in total. The van der Waals surface area contributed by atoms with E-state index in [4.69, 9.17) is 5.73 Å². The second kappa shape index (κ2) is 3.94. The van der Waals surface area contributed by atoms with Gasteiger partial charge in [-0.1, -0.05) is 5.10 Å². The fraction of sp³-hybridized carbons (Fsp3) is 0.667. The number of anilines is 1. The number of carbonyl (C=O) groups excluding carboxylic acids is 1. The molecule has 13 heavy (non-hydrogen) atoms. The highest BCUT2D eigenvalue weighted by Crippen LogP contribution is 1.95. The van der Waals surface area contributed by atoms with Gasteiger partial charge in [0.25, 0.3) is 5.95 Å². The van der Waals surface area contributed by atoms with Crippen molar-refractivity contribution in [2.45, 2.75) is 19.4 Å². The molecule has 7 heteroatoms. The minimum atomic E-state index is -0.206. The molecular formula is C6H12N6O. The van der Waals surface area contributed by atoms with Gasteiger partial charge >= 0.3 is 0 Å². The van der Waals surface area contributed by atoms with Gasteiger partial charge in [0.1, 0.15) is 0 Å². The van der Waals surface area contributed by atoms with Gasteiger partial charge in [0.05, 0.1) is 7.05 Å². The second-order valence-electron chi connectivity index (χ2n) is 2.83. The molecule has 1 aromatic rings. The van der Waals surface area contributed by atoms with E-state index in [0.717, 1.165) is 0 Å². The molecule has 0 aliphatic heterocycles. The summed E-state index contributed by atoms with van der Waals surface area (Å²) in [6.07, 6.45) is 0.248. The van der Waals surface area contributed by atoms with Crippen LogP contribution in [-0.4, -0.2) is 32.2 Å². The monoisotopic (exact) mass is 184 g/mol.